The molecule has 1 saturated carbocycles. The van der Waals surface area contributed by atoms with E-state index >= 15 is 0 Å². The van der Waals surface area contributed by atoms with Gasteiger partial charge in [0.2, 0.25) is 5.91 Å². The number of amides is 1. The minimum atomic E-state index is -0.558. The Hall–Kier alpha value is -3.07. The number of carbonyl (C=O) groups is 1. The molecule has 3 aliphatic rings. The van der Waals surface area contributed by atoms with E-state index in [9.17, 15) is 9.90 Å². The number of fused-ring (bicyclic) bond motifs is 1. The Morgan fingerprint density at radius 3 is 2.32 bits per heavy atom. The Bertz CT molecular complexity index is 1480. The van der Waals surface area contributed by atoms with Gasteiger partial charge in [0.25, 0.3) is 0 Å². The molecule has 3 fully saturated rings. The minimum absolute atomic E-state index is 0.00574. The molecule has 0 bridgehead atoms. The van der Waals surface area contributed by atoms with Gasteiger partial charge in [0.1, 0.15) is 0 Å². The number of nitrogens with zero attached hydrogens (tertiary/aromatic N) is 1. The van der Waals surface area contributed by atoms with Gasteiger partial charge in [-0.15, -0.1) is 0 Å². The lowest BCUT2D eigenvalue weighted by Gasteiger charge is -2.51. The summed E-state index contributed by atoms with van der Waals surface area (Å²) >= 11 is 0. The first-order valence-electron chi connectivity index (χ1n) is 17.6. The number of hydrogen-bond donors (Lipinski definition) is 3. The third-order valence-electron chi connectivity index (χ3n) is 10.5. The topological polar surface area (TPSA) is 97.1 Å². The Morgan fingerprint density at radius 2 is 1.62 bits per heavy atom. The predicted octanol–water partition coefficient (Wildman–Crippen LogP) is 7.03. The number of nitrogens with two attached hydrogens (primary N) is 1. The molecule has 7 nitrogen and oxygen atoms in total. The van der Waals surface area contributed by atoms with Crippen LogP contribution in [0.4, 0.5) is 0 Å². The standard InChI is InChI=1S/C40H53N3O4/c1-26-36(24-43-34-11-6-5-9-30(34)20-21-35(43)38(45)42-40(2,3)4)46-39(47-37(26)31-14-12-27(25-44)13-15-31)32-18-16-29(17-19-32)33-10-7-8-28(22-33)23-41/h7-8,10,12-19,22,26,30,34-37,39,44H,5-6,9,11,20-21,23-25,41H2,1-4H3,(H,42,45)/t26-,30-,34-,35-,36+,37+,39+/m1/s1. The number of likely N-dealkylation sites (tertiary alicyclic amines) is 1. The Balaban J connectivity index is 1.31. The van der Waals surface area contributed by atoms with Crippen molar-refractivity contribution in [3.63, 3.8) is 0 Å². The van der Waals surface area contributed by atoms with Crippen LogP contribution in [-0.4, -0.2) is 46.2 Å². The third-order valence-corrected chi connectivity index (χ3v) is 10.5. The van der Waals surface area contributed by atoms with Gasteiger partial charge in [-0.2, -0.15) is 0 Å². The molecule has 0 unspecified atom stereocenters. The highest BCUT2D eigenvalue weighted by atomic mass is 16.7. The molecule has 7 atom stereocenters. The van der Waals surface area contributed by atoms with E-state index in [0.29, 0.717) is 25.0 Å². The number of rotatable bonds is 8. The number of hydrogen-bond acceptors (Lipinski definition) is 6. The molecule has 2 aliphatic heterocycles. The summed E-state index contributed by atoms with van der Waals surface area (Å²) in [6.45, 7) is 9.58. The van der Waals surface area contributed by atoms with Crippen LogP contribution in [0.15, 0.2) is 72.8 Å². The van der Waals surface area contributed by atoms with Crippen LogP contribution in [0.3, 0.4) is 0 Å². The minimum Gasteiger partial charge on any atom is -0.392 e. The molecule has 3 aromatic carbocycles. The fraction of sp³-hybridized carbons (Fsp3) is 0.525. The van der Waals surface area contributed by atoms with Crippen molar-refractivity contribution in [2.45, 2.75) is 115 Å². The number of carbonyl (C=O) groups excluding carboxylic acids is 1. The van der Waals surface area contributed by atoms with Crippen molar-refractivity contribution >= 4 is 5.91 Å². The van der Waals surface area contributed by atoms with Gasteiger partial charge in [0.05, 0.1) is 24.9 Å². The third kappa shape index (κ3) is 7.82. The van der Waals surface area contributed by atoms with Crippen molar-refractivity contribution in [1.82, 2.24) is 10.2 Å². The largest absolute Gasteiger partial charge is 0.392 e. The zero-order chi connectivity index (χ0) is 33.1. The van der Waals surface area contributed by atoms with Crippen molar-refractivity contribution in [2.24, 2.45) is 17.6 Å². The van der Waals surface area contributed by atoms with Crippen molar-refractivity contribution in [1.29, 1.82) is 0 Å². The lowest BCUT2D eigenvalue weighted by atomic mass is 9.75. The van der Waals surface area contributed by atoms with Crippen LogP contribution in [-0.2, 0) is 27.4 Å². The highest BCUT2D eigenvalue weighted by Gasteiger charge is 2.46. The Kier molecular flexibility index (Phi) is 10.5. The molecule has 47 heavy (non-hydrogen) atoms. The van der Waals surface area contributed by atoms with Crippen LogP contribution < -0.4 is 11.1 Å². The molecule has 2 heterocycles. The molecular formula is C40H53N3O4. The number of aliphatic hydroxyl groups excluding tert-OH is 1. The van der Waals surface area contributed by atoms with E-state index in [2.05, 4.69) is 86.4 Å². The van der Waals surface area contributed by atoms with Crippen molar-refractivity contribution < 1.29 is 19.4 Å². The second-order valence-corrected chi connectivity index (χ2v) is 15.0. The average molecular weight is 640 g/mol. The summed E-state index contributed by atoms with van der Waals surface area (Å²) in [5, 5.41) is 13.0. The lowest BCUT2D eigenvalue weighted by Crippen LogP contribution is -2.61. The zero-order valence-corrected chi connectivity index (χ0v) is 28.5. The number of benzene rings is 3. The Morgan fingerprint density at radius 1 is 0.894 bits per heavy atom. The quantitative estimate of drug-likeness (QED) is 0.245. The van der Waals surface area contributed by atoms with Gasteiger partial charge in [0, 0.05) is 36.2 Å². The predicted molar refractivity (Wildman–Crippen MR) is 186 cm³/mol. The molecule has 0 radical (unpaired) electrons. The number of nitrogens with one attached hydrogen (secondary N) is 1. The second-order valence-electron chi connectivity index (χ2n) is 15.0. The first-order valence-corrected chi connectivity index (χ1v) is 17.6. The van der Waals surface area contributed by atoms with E-state index in [1.54, 1.807) is 0 Å². The lowest BCUT2D eigenvalue weighted by molar-refractivity contribution is -0.278. The van der Waals surface area contributed by atoms with Crippen LogP contribution in [0.5, 0.6) is 0 Å². The molecule has 7 heteroatoms. The molecule has 1 aliphatic carbocycles. The first-order chi connectivity index (χ1) is 22.6. The summed E-state index contributed by atoms with van der Waals surface area (Å²) in [7, 11) is 0. The molecule has 252 valence electrons. The average Bonchev–Trinajstić information content (AvgIpc) is 3.08. The second kappa shape index (κ2) is 14.6. The van der Waals surface area contributed by atoms with Crippen LogP contribution in [0, 0.1) is 11.8 Å². The van der Waals surface area contributed by atoms with Crippen molar-refractivity contribution in [3.05, 3.63) is 95.1 Å². The summed E-state index contributed by atoms with van der Waals surface area (Å²) in [5.41, 5.74) is 11.9. The van der Waals surface area contributed by atoms with Crippen molar-refractivity contribution in [3.8, 4) is 11.1 Å². The van der Waals surface area contributed by atoms with E-state index in [0.717, 1.165) is 52.6 Å². The van der Waals surface area contributed by atoms with E-state index in [4.69, 9.17) is 15.2 Å². The summed E-state index contributed by atoms with van der Waals surface area (Å²) in [4.78, 5) is 16.3. The zero-order valence-electron chi connectivity index (χ0n) is 28.5. The fourth-order valence-corrected chi connectivity index (χ4v) is 7.97. The normalized spacial score (nSPS) is 28.4. The highest BCUT2D eigenvalue weighted by Crippen LogP contribution is 2.44. The summed E-state index contributed by atoms with van der Waals surface area (Å²) in [6.07, 6.45) is 5.92. The maximum Gasteiger partial charge on any atom is 0.237 e. The SMILES string of the molecule is C[C@@H]1[C@H](CN2[C@@H](C(=O)NC(C)(C)C)CC[C@H]3CCCC[C@H]32)O[C@H](c2ccc(-c3cccc(CN)c3)cc2)O[C@@H]1c1ccc(CO)cc1. The maximum atomic E-state index is 13.8. The smallest absolute Gasteiger partial charge is 0.237 e. The summed E-state index contributed by atoms with van der Waals surface area (Å²) in [5.74, 6) is 0.795. The highest BCUT2D eigenvalue weighted by molar-refractivity contribution is 5.82. The van der Waals surface area contributed by atoms with Gasteiger partial charge in [-0.25, -0.2) is 0 Å². The van der Waals surface area contributed by atoms with Crippen LogP contribution in [0.2, 0.25) is 0 Å². The van der Waals surface area contributed by atoms with E-state index in [-0.39, 0.29) is 42.2 Å². The summed E-state index contributed by atoms with van der Waals surface area (Å²) in [6, 6.07) is 25.1. The van der Waals surface area contributed by atoms with Gasteiger partial charge >= 0.3 is 0 Å². The maximum absolute atomic E-state index is 13.8. The summed E-state index contributed by atoms with van der Waals surface area (Å²) < 4.78 is 13.7. The molecule has 0 aromatic heterocycles. The van der Waals surface area contributed by atoms with Crippen molar-refractivity contribution in [2.75, 3.05) is 6.54 Å². The number of ether oxygens (including phenoxy) is 2. The molecule has 2 saturated heterocycles. The van der Waals surface area contributed by atoms with Crippen LogP contribution in [0.1, 0.15) is 101 Å². The fourth-order valence-electron chi connectivity index (χ4n) is 7.97. The van der Waals surface area contributed by atoms with Gasteiger partial charge < -0.3 is 25.6 Å². The monoisotopic (exact) mass is 639 g/mol. The van der Waals surface area contributed by atoms with E-state index in [1.165, 1.54) is 19.3 Å². The number of aliphatic hydroxyl groups is 1. The van der Waals surface area contributed by atoms with Crippen LogP contribution >= 0.6 is 0 Å². The van der Waals surface area contributed by atoms with Gasteiger partial charge in [-0.05, 0) is 86.3 Å². The van der Waals surface area contributed by atoms with Gasteiger partial charge in [-0.1, -0.05) is 86.5 Å². The molecule has 0 spiro atoms. The Labute approximate surface area is 280 Å². The van der Waals surface area contributed by atoms with E-state index < -0.39 is 6.29 Å². The number of piperidine rings is 1. The van der Waals surface area contributed by atoms with Gasteiger partial charge in [0.15, 0.2) is 6.29 Å². The molecule has 4 N–H and O–H groups in total. The molecule has 6 rings (SSSR count). The van der Waals surface area contributed by atoms with Crippen LogP contribution in [0.25, 0.3) is 11.1 Å². The molecule has 1 amide bonds. The first kappa shape index (κ1) is 33.8. The van der Waals surface area contributed by atoms with Gasteiger partial charge in [-0.3, -0.25) is 9.69 Å². The molecule has 3 aromatic rings. The van der Waals surface area contributed by atoms with E-state index in [1.807, 2.05) is 24.3 Å². The molecular weight excluding hydrogens is 586 g/mol.